The molecular formula is C11H16N2O2. The molecule has 1 rings (SSSR count). The molecule has 1 atom stereocenters. The molecule has 0 spiro atoms. The van der Waals surface area contributed by atoms with Crippen molar-refractivity contribution >= 4 is 11.8 Å². The molecule has 0 heterocycles. The number of nitrogens with two attached hydrogens (primary N) is 1. The summed E-state index contributed by atoms with van der Waals surface area (Å²) in [7, 11) is 0. The molecule has 0 aromatic carbocycles. The van der Waals surface area contributed by atoms with Crippen molar-refractivity contribution in [3.05, 3.63) is 23.8 Å². The molecule has 0 saturated heterocycles. The second kappa shape index (κ2) is 5.34. The quantitative estimate of drug-likeness (QED) is 0.711. The Kier molecular flexibility index (Phi) is 4.09. The molecule has 0 bridgehead atoms. The summed E-state index contributed by atoms with van der Waals surface area (Å²) in [4.78, 5) is 21.9. The van der Waals surface area contributed by atoms with Crippen LogP contribution in [0, 0.1) is 0 Å². The molecule has 0 unspecified atom stereocenters. The second-order valence-corrected chi connectivity index (χ2v) is 3.62. The normalized spacial score (nSPS) is 16.7. The van der Waals surface area contributed by atoms with E-state index >= 15 is 0 Å². The summed E-state index contributed by atoms with van der Waals surface area (Å²) in [5.41, 5.74) is 6.25. The van der Waals surface area contributed by atoms with Crippen LogP contribution in [0.5, 0.6) is 0 Å². The number of rotatable bonds is 4. The van der Waals surface area contributed by atoms with Crippen LogP contribution < -0.4 is 11.1 Å². The zero-order valence-electron chi connectivity index (χ0n) is 8.82. The van der Waals surface area contributed by atoms with Gasteiger partial charge in [0, 0.05) is 13.3 Å². The molecule has 0 aromatic heterocycles. The molecule has 0 radical (unpaired) electrons. The van der Waals surface area contributed by atoms with Crippen molar-refractivity contribution < 1.29 is 9.59 Å². The van der Waals surface area contributed by atoms with Gasteiger partial charge in [-0.1, -0.05) is 18.2 Å². The minimum Gasteiger partial charge on any atom is -0.368 e. The van der Waals surface area contributed by atoms with Gasteiger partial charge in [0.15, 0.2) is 0 Å². The molecule has 0 aliphatic heterocycles. The third kappa shape index (κ3) is 3.97. The van der Waals surface area contributed by atoms with Crippen LogP contribution in [0.1, 0.15) is 26.2 Å². The number of hydrogen-bond donors (Lipinski definition) is 2. The predicted molar refractivity (Wildman–Crippen MR) is 57.9 cm³/mol. The van der Waals surface area contributed by atoms with Crippen molar-refractivity contribution in [2.75, 3.05) is 0 Å². The standard InChI is InChI=1S/C11H16N2O2/c1-8(14)13-10(11(12)15)7-9-5-3-2-4-6-9/h3,5-6,10H,2,4,7H2,1H3,(H2,12,15)(H,13,14)/t10-/m0/s1. The van der Waals surface area contributed by atoms with Crippen molar-refractivity contribution in [1.82, 2.24) is 5.32 Å². The SMILES string of the molecule is CC(=O)N[C@@H](CC1=CCCC=C1)C(N)=O. The summed E-state index contributed by atoms with van der Waals surface area (Å²) in [6, 6.07) is -0.600. The van der Waals surface area contributed by atoms with Crippen LogP contribution in [0.3, 0.4) is 0 Å². The summed E-state index contributed by atoms with van der Waals surface area (Å²) in [6.07, 6.45) is 8.59. The maximum atomic E-state index is 11.1. The maximum Gasteiger partial charge on any atom is 0.240 e. The zero-order valence-corrected chi connectivity index (χ0v) is 8.82. The number of allylic oxidation sites excluding steroid dienone is 3. The monoisotopic (exact) mass is 208 g/mol. The van der Waals surface area contributed by atoms with Crippen LogP contribution in [0.15, 0.2) is 23.8 Å². The average Bonchev–Trinajstić information content (AvgIpc) is 2.17. The number of nitrogens with one attached hydrogen (secondary N) is 1. The molecule has 1 aliphatic carbocycles. The predicted octanol–water partition coefficient (Wildman–Crippen LogP) is 0.643. The van der Waals surface area contributed by atoms with Crippen LogP contribution in [0.25, 0.3) is 0 Å². The largest absolute Gasteiger partial charge is 0.368 e. The average molecular weight is 208 g/mol. The van der Waals surface area contributed by atoms with E-state index in [1.165, 1.54) is 6.92 Å². The highest BCUT2D eigenvalue weighted by atomic mass is 16.2. The third-order valence-corrected chi connectivity index (χ3v) is 2.23. The first kappa shape index (κ1) is 11.5. The van der Waals surface area contributed by atoms with Crippen molar-refractivity contribution in [2.24, 2.45) is 5.73 Å². The lowest BCUT2D eigenvalue weighted by atomic mass is 10.00. The van der Waals surface area contributed by atoms with Gasteiger partial charge >= 0.3 is 0 Å². The lowest BCUT2D eigenvalue weighted by Crippen LogP contribution is -2.43. The summed E-state index contributed by atoms with van der Waals surface area (Å²) < 4.78 is 0. The highest BCUT2D eigenvalue weighted by molar-refractivity contribution is 5.85. The topological polar surface area (TPSA) is 72.2 Å². The van der Waals surface area contributed by atoms with Gasteiger partial charge < -0.3 is 11.1 Å². The Hall–Kier alpha value is -1.58. The summed E-state index contributed by atoms with van der Waals surface area (Å²) in [5, 5.41) is 2.54. The molecule has 1 aliphatic rings. The lowest BCUT2D eigenvalue weighted by Gasteiger charge is -2.16. The molecule has 4 heteroatoms. The number of carbonyl (C=O) groups excluding carboxylic acids is 2. The van der Waals surface area contributed by atoms with Gasteiger partial charge in [-0.25, -0.2) is 0 Å². The highest BCUT2D eigenvalue weighted by Gasteiger charge is 2.17. The van der Waals surface area contributed by atoms with E-state index in [2.05, 4.69) is 17.5 Å². The van der Waals surface area contributed by atoms with Crippen LogP contribution in [-0.2, 0) is 9.59 Å². The van der Waals surface area contributed by atoms with Crippen molar-refractivity contribution in [1.29, 1.82) is 0 Å². The van der Waals surface area contributed by atoms with Crippen LogP contribution in [-0.4, -0.2) is 17.9 Å². The first-order valence-corrected chi connectivity index (χ1v) is 5.01. The minimum absolute atomic E-state index is 0.237. The number of amides is 2. The summed E-state index contributed by atoms with van der Waals surface area (Å²) in [5.74, 6) is -0.732. The Morgan fingerprint density at radius 1 is 1.53 bits per heavy atom. The number of hydrogen-bond acceptors (Lipinski definition) is 2. The molecule has 82 valence electrons. The van der Waals surface area contributed by atoms with Gasteiger partial charge in [0.05, 0.1) is 0 Å². The third-order valence-electron chi connectivity index (χ3n) is 2.23. The van der Waals surface area contributed by atoms with Crippen LogP contribution in [0.4, 0.5) is 0 Å². The fraction of sp³-hybridized carbons (Fsp3) is 0.455. The minimum atomic E-state index is -0.600. The van der Waals surface area contributed by atoms with E-state index in [9.17, 15) is 9.59 Å². The van der Waals surface area contributed by atoms with Crippen molar-refractivity contribution in [2.45, 2.75) is 32.2 Å². The van der Waals surface area contributed by atoms with E-state index in [4.69, 9.17) is 5.73 Å². The first-order valence-electron chi connectivity index (χ1n) is 5.01. The summed E-state index contributed by atoms with van der Waals surface area (Å²) >= 11 is 0. The van der Waals surface area contributed by atoms with E-state index in [0.717, 1.165) is 18.4 Å². The van der Waals surface area contributed by atoms with Gasteiger partial charge in [-0.2, -0.15) is 0 Å². The van der Waals surface area contributed by atoms with E-state index in [1.807, 2.05) is 6.08 Å². The van der Waals surface area contributed by atoms with Gasteiger partial charge in [0.2, 0.25) is 11.8 Å². The van der Waals surface area contributed by atoms with Gasteiger partial charge in [-0.05, 0) is 18.4 Å². The molecule has 2 amide bonds. The number of primary amides is 1. The Morgan fingerprint density at radius 2 is 2.27 bits per heavy atom. The van der Waals surface area contributed by atoms with Gasteiger partial charge in [0.25, 0.3) is 0 Å². The van der Waals surface area contributed by atoms with Crippen molar-refractivity contribution in [3.8, 4) is 0 Å². The van der Waals surface area contributed by atoms with Gasteiger partial charge in [-0.3, -0.25) is 9.59 Å². The Labute approximate surface area is 89.2 Å². The summed E-state index contributed by atoms with van der Waals surface area (Å²) in [6.45, 7) is 1.38. The molecule has 0 fully saturated rings. The van der Waals surface area contributed by atoms with Crippen LogP contribution >= 0.6 is 0 Å². The maximum absolute atomic E-state index is 11.1. The molecule has 0 saturated carbocycles. The fourth-order valence-corrected chi connectivity index (χ4v) is 1.52. The smallest absolute Gasteiger partial charge is 0.240 e. The molecule has 15 heavy (non-hydrogen) atoms. The second-order valence-electron chi connectivity index (χ2n) is 3.62. The zero-order chi connectivity index (χ0) is 11.3. The van der Waals surface area contributed by atoms with E-state index in [0.29, 0.717) is 6.42 Å². The lowest BCUT2D eigenvalue weighted by molar-refractivity contribution is -0.126. The number of carbonyl (C=O) groups is 2. The molecule has 3 N–H and O–H groups in total. The Balaban J connectivity index is 2.58. The molecule has 4 nitrogen and oxygen atoms in total. The van der Waals surface area contributed by atoms with E-state index < -0.39 is 11.9 Å². The van der Waals surface area contributed by atoms with Gasteiger partial charge in [0.1, 0.15) is 6.04 Å². The van der Waals surface area contributed by atoms with E-state index in [1.54, 1.807) is 0 Å². The van der Waals surface area contributed by atoms with Crippen LogP contribution in [0.2, 0.25) is 0 Å². The first-order chi connectivity index (χ1) is 7.09. The van der Waals surface area contributed by atoms with Crippen molar-refractivity contribution in [3.63, 3.8) is 0 Å². The van der Waals surface area contributed by atoms with E-state index in [-0.39, 0.29) is 5.91 Å². The Bertz CT molecular complexity index is 319. The Morgan fingerprint density at radius 3 is 2.73 bits per heavy atom. The molecule has 0 aromatic rings. The van der Waals surface area contributed by atoms with Gasteiger partial charge in [-0.15, -0.1) is 0 Å². The molecular weight excluding hydrogens is 192 g/mol. The fourth-order valence-electron chi connectivity index (χ4n) is 1.52. The highest BCUT2D eigenvalue weighted by Crippen LogP contribution is 2.14.